The van der Waals surface area contributed by atoms with E-state index in [-0.39, 0.29) is 0 Å². The molecule has 0 aliphatic carbocycles. The number of rotatable bonds is 3. The van der Waals surface area contributed by atoms with Gasteiger partial charge in [-0.2, -0.15) is 0 Å². The van der Waals surface area contributed by atoms with Crippen LogP contribution in [0.2, 0.25) is 0 Å². The van der Waals surface area contributed by atoms with Gasteiger partial charge in [-0.1, -0.05) is 0 Å². The lowest BCUT2D eigenvalue weighted by atomic mass is 10.1. The van der Waals surface area contributed by atoms with Crippen molar-refractivity contribution in [2.24, 2.45) is 0 Å². The van der Waals surface area contributed by atoms with Crippen molar-refractivity contribution < 1.29 is 9.90 Å². The molecule has 1 aliphatic rings. The molecule has 4 nitrogen and oxygen atoms in total. The highest BCUT2D eigenvalue weighted by Gasteiger charge is 2.22. The summed E-state index contributed by atoms with van der Waals surface area (Å²) in [6.07, 6.45) is 0. The molecule has 18 heavy (non-hydrogen) atoms. The van der Waals surface area contributed by atoms with Gasteiger partial charge in [-0.05, 0) is 32.5 Å². The Morgan fingerprint density at radius 3 is 2.83 bits per heavy atom. The summed E-state index contributed by atoms with van der Waals surface area (Å²) in [6, 6.07) is 2.35. The Morgan fingerprint density at radius 2 is 2.28 bits per heavy atom. The standard InChI is InChI=1S/C13H20N2O2S/c1-9-7-14(3)4-5-15(9)8-11-6-12(13(16)17)18-10(11)2/h6,9H,4-5,7-8H2,1-3H3,(H,16,17). The van der Waals surface area contributed by atoms with E-state index in [1.807, 2.05) is 13.0 Å². The molecular formula is C13H20N2O2S. The van der Waals surface area contributed by atoms with Crippen LogP contribution in [0.5, 0.6) is 0 Å². The molecule has 1 unspecified atom stereocenters. The van der Waals surface area contributed by atoms with Crippen molar-refractivity contribution in [3.05, 3.63) is 21.4 Å². The second kappa shape index (κ2) is 5.38. The Labute approximate surface area is 112 Å². The number of carboxylic acid groups (broad SMARTS) is 1. The summed E-state index contributed by atoms with van der Waals surface area (Å²) >= 11 is 1.38. The molecule has 100 valence electrons. The van der Waals surface area contributed by atoms with Gasteiger partial charge in [0.25, 0.3) is 0 Å². The molecule has 0 spiro atoms. The Kier molecular flexibility index (Phi) is 4.04. The summed E-state index contributed by atoms with van der Waals surface area (Å²) in [5.74, 6) is -0.819. The van der Waals surface area contributed by atoms with Crippen LogP contribution in [0.1, 0.15) is 27.0 Å². The molecular weight excluding hydrogens is 248 g/mol. The van der Waals surface area contributed by atoms with Gasteiger partial charge in [0.2, 0.25) is 0 Å². The largest absolute Gasteiger partial charge is 0.477 e. The van der Waals surface area contributed by atoms with E-state index in [9.17, 15) is 4.79 Å². The van der Waals surface area contributed by atoms with Gasteiger partial charge in [0.1, 0.15) is 4.88 Å². The van der Waals surface area contributed by atoms with Crippen molar-refractivity contribution in [2.75, 3.05) is 26.7 Å². The number of piperazine rings is 1. The van der Waals surface area contributed by atoms with Crippen molar-refractivity contribution in [1.82, 2.24) is 9.80 Å². The summed E-state index contributed by atoms with van der Waals surface area (Å²) in [4.78, 5) is 17.3. The van der Waals surface area contributed by atoms with Crippen LogP contribution in [0.4, 0.5) is 0 Å². The van der Waals surface area contributed by atoms with Crippen LogP contribution in [0.3, 0.4) is 0 Å². The SMILES string of the molecule is Cc1sc(C(=O)O)cc1CN1CCN(C)CC1C. The molecule has 0 saturated carbocycles. The first-order chi connectivity index (χ1) is 8.47. The van der Waals surface area contributed by atoms with Gasteiger partial charge in [-0.3, -0.25) is 4.90 Å². The van der Waals surface area contributed by atoms with Gasteiger partial charge in [-0.25, -0.2) is 4.79 Å². The zero-order valence-electron chi connectivity index (χ0n) is 11.1. The maximum absolute atomic E-state index is 11.0. The highest BCUT2D eigenvalue weighted by molar-refractivity contribution is 7.14. The van der Waals surface area contributed by atoms with E-state index in [0.717, 1.165) is 36.6 Å². The second-order valence-electron chi connectivity index (χ2n) is 5.08. The van der Waals surface area contributed by atoms with Gasteiger partial charge in [0.15, 0.2) is 0 Å². The second-order valence-corrected chi connectivity index (χ2v) is 6.34. The van der Waals surface area contributed by atoms with Gasteiger partial charge in [-0.15, -0.1) is 11.3 Å². The lowest BCUT2D eigenvalue weighted by Crippen LogP contribution is -2.49. The molecule has 1 fully saturated rings. The maximum atomic E-state index is 11.0. The minimum absolute atomic E-state index is 0.448. The maximum Gasteiger partial charge on any atom is 0.345 e. The normalized spacial score (nSPS) is 22.3. The monoisotopic (exact) mass is 268 g/mol. The molecule has 1 aromatic rings. The zero-order valence-corrected chi connectivity index (χ0v) is 12.0. The molecule has 2 heterocycles. The van der Waals surface area contributed by atoms with Crippen LogP contribution in [0, 0.1) is 6.92 Å². The third kappa shape index (κ3) is 2.91. The zero-order chi connectivity index (χ0) is 13.3. The van der Waals surface area contributed by atoms with Crippen LogP contribution in [0.15, 0.2) is 6.07 Å². The van der Waals surface area contributed by atoms with Crippen molar-refractivity contribution in [3.63, 3.8) is 0 Å². The Bertz CT molecular complexity index is 444. The highest BCUT2D eigenvalue weighted by Crippen LogP contribution is 2.24. The van der Waals surface area contributed by atoms with Crippen molar-refractivity contribution >= 4 is 17.3 Å². The molecule has 1 N–H and O–H groups in total. The third-order valence-corrected chi connectivity index (χ3v) is 4.65. The topological polar surface area (TPSA) is 43.8 Å². The first kappa shape index (κ1) is 13.5. The number of likely N-dealkylation sites (N-methyl/N-ethyl adjacent to an activating group) is 1. The number of nitrogens with zero attached hydrogens (tertiary/aromatic N) is 2. The summed E-state index contributed by atoms with van der Waals surface area (Å²) in [6.45, 7) is 8.32. The van der Waals surface area contributed by atoms with Crippen molar-refractivity contribution in [2.45, 2.75) is 26.4 Å². The van der Waals surface area contributed by atoms with Crippen LogP contribution < -0.4 is 0 Å². The number of hydrogen-bond acceptors (Lipinski definition) is 4. The Morgan fingerprint density at radius 1 is 1.56 bits per heavy atom. The fourth-order valence-corrected chi connectivity index (χ4v) is 3.29. The number of aryl methyl sites for hydroxylation is 1. The number of carbonyl (C=O) groups is 1. The van der Waals surface area contributed by atoms with Crippen molar-refractivity contribution in [3.8, 4) is 0 Å². The van der Waals surface area contributed by atoms with E-state index in [4.69, 9.17) is 5.11 Å². The minimum Gasteiger partial charge on any atom is -0.477 e. The van der Waals surface area contributed by atoms with E-state index >= 15 is 0 Å². The smallest absolute Gasteiger partial charge is 0.345 e. The lowest BCUT2D eigenvalue weighted by Gasteiger charge is -2.38. The lowest BCUT2D eigenvalue weighted by molar-refractivity contribution is 0.0702. The van der Waals surface area contributed by atoms with Crippen LogP contribution >= 0.6 is 11.3 Å². The molecule has 1 saturated heterocycles. The van der Waals surface area contributed by atoms with Crippen LogP contribution in [-0.4, -0.2) is 53.6 Å². The van der Waals surface area contributed by atoms with Crippen LogP contribution in [0.25, 0.3) is 0 Å². The summed E-state index contributed by atoms with van der Waals surface area (Å²) in [5.41, 5.74) is 1.16. The summed E-state index contributed by atoms with van der Waals surface area (Å²) in [5, 5.41) is 9.01. The Hall–Kier alpha value is -0.910. The van der Waals surface area contributed by atoms with E-state index in [0.29, 0.717) is 10.9 Å². The number of hydrogen-bond donors (Lipinski definition) is 1. The highest BCUT2D eigenvalue weighted by atomic mass is 32.1. The molecule has 1 aromatic heterocycles. The summed E-state index contributed by atoms with van der Waals surface area (Å²) < 4.78 is 0. The van der Waals surface area contributed by atoms with Gasteiger partial charge >= 0.3 is 5.97 Å². The molecule has 0 bridgehead atoms. The van der Waals surface area contributed by atoms with Gasteiger partial charge in [0, 0.05) is 37.1 Å². The quantitative estimate of drug-likeness (QED) is 0.909. The number of carboxylic acids is 1. The van der Waals surface area contributed by atoms with Crippen LogP contribution in [-0.2, 0) is 6.54 Å². The fraction of sp³-hybridized carbons (Fsp3) is 0.615. The molecule has 2 rings (SSSR count). The van der Waals surface area contributed by atoms with Crippen molar-refractivity contribution in [1.29, 1.82) is 0 Å². The molecule has 0 amide bonds. The van der Waals surface area contributed by atoms with E-state index in [1.165, 1.54) is 11.3 Å². The molecule has 0 radical (unpaired) electrons. The average molecular weight is 268 g/mol. The number of thiophene rings is 1. The van der Waals surface area contributed by atoms with E-state index < -0.39 is 5.97 Å². The first-order valence-corrected chi connectivity index (χ1v) is 7.04. The minimum atomic E-state index is -0.819. The van der Waals surface area contributed by atoms with E-state index in [1.54, 1.807) is 0 Å². The van der Waals surface area contributed by atoms with E-state index in [2.05, 4.69) is 23.8 Å². The fourth-order valence-electron chi connectivity index (χ4n) is 2.41. The average Bonchev–Trinajstić information content (AvgIpc) is 2.64. The van der Waals surface area contributed by atoms with Gasteiger partial charge in [0.05, 0.1) is 0 Å². The predicted octanol–water partition coefficient (Wildman–Crippen LogP) is 1.89. The predicted molar refractivity (Wildman–Crippen MR) is 73.4 cm³/mol. The Balaban J connectivity index is 2.07. The first-order valence-electron chi connectivity index (χ1n) is 6.22. The molecule has 0 aromatic carbocycles. The third-order valence-electron chi connectivity index (χ3n) is 3.57. The molecule has 5 heteroatoms. The summed E-state index contributed by atoms with van der Waals surface area (Å²) in [7, 11) is 2.15. The van der Waals surface area contributed by atoms with Gasteiger partial charge < -0.3 is 10.0 Å². The molecule has 1 aliphatic heterocycles. The molecule has 1 atom stereocenters. The number of aromatic carboxylic acids is 1.